The average Bonchev–Trinajstić information content (AvgIpc) is 1.84. The van der Waals surface area contributed by atoms with E-state index in [4.69, 9.17) is 15.3 Å². The van der Waals surface area contributed by atoms with Crippen LogP contribution in [0.3, 0.4) is 0 Å². The first kappa shape index (κ1) is 8.88. The standard InChI is InChI=1S/C6H14O3/c1-4(5(2)8)6(9)3-7/h4-9H,3H2,1-2H3. The molecule has 0 radical (unpaired) electrons. The van der Waals surface area contributed by atoms with Crippen molar-refractivity contribution in [3.05, 3.63) is 0 Å². The molecule has 0 aromatic carbocycles. The van der Waals surface area contributed by atoms with E-state index in [1.54, 1.807) is 13.8 Å². The molecule has 0 saturated heterocycles. The van der Waals surface area contributed by atoms with Crippen molar-refractivity contribution < 1.29 is 15.3 Å². The Bertz CT molecular complexity index is 72.7. The molecule has 0 fully saturated rings. The van der Waals surface area contributed by atoms with Gasteiger partial charge < -0.3 is 15.3 Å². The zero-order valence-electron chi connectivity index (χ0n) is 5.78. The summed E-state index contributed by atoms with van der Waals surface area (Å²) in [5.41, 5.74) is 0. The molecule has 0 spiro atoms. The first-order valence-electron chi connectivity index (χ1n) is 3.06. The second-order valence-corrected chi connectivity index (χ2v) is 2.35. The van der Waals surface area contributed by atoms with Gasteiger partial charge in [0.1, 0.15) is 0 Å². The molecule has 0 bridgehead atoms. The van der Waals surface area contributed by atoms with Gasteiger partial charge in [0.15, 0.2) is 0 Å². The molecule has 0 saturated carbocycles. The monoisotopic (exact) mass is 134 g/mol. The molecule has 3 unspecified atom stereocenters. The molecular weight excluding hydrogens is 120 g/mol. The highest BCUT2D eigenvalue weighted by molar-refractivity contribution is 4.67. The normalized spacial score (nSPS) is 21.0. The number of rotatable bonds is 3. The van der Waals surface area contributed by atoms with E-state index in [0.29, 0.717) is 0 Å². The fourth-order valence-electron chi connectivity index (χ4n) is 0.488. The molecule has 0 aromatic rings. The van der Waals surface area contributed by atoms with Gasteiger partial charge >= 0.3 is 0 Å². The maximum absolute atomic E-state index is 8.89. The van der Waals surface area contributed by atoms with E-state index in [2.05, 4.69) is 0 Å². The predicted octanol–water partition coefficient (Wildman–Crippen LogP) is -0.644. The minimum atomic E-state index is -0.801. The Morgan fingerprint density at radius 2 is 1.67 bits per heavy atom. The van der Waals surface area contributed by atoms with Crippen LogP contribution >= 0.6 is 0 Å². The SMILES string of the molecule is CC(O)C(C)C(O)CO. The van der Waals surface area contributed by atoms with Gasteiger partial charge in [-0.1, -0.05) is 6.92 Å². The summed E-state index contributed by atoms with van der Waals surface area (Å²) in [6, 6.07) is 0. The van der Waals surface area contributed by atoms with Gasteiger partial charge in [0.2, 0.25) is 0 Å². The summed E-state index contributed by atoms with van der Waals surface area (Å²) in [6.45, 7) is 2.99. The minimum absolute atomic E-state index is 0.255. The van der Waals surface area contributed by atoms with Gasteiger partial charge in [-0.3, -0.25) is 0 Å². The molecule has 9 heavy (non-hydrogen) atoms. The van der Waals surface area contributed by atoms with Crippen LogP contribution < -0.4 is 0 Å². The third-order valence-electron chi connectivity index (χ3n) is 1.55. The van der Waals surface area contributed by atoms with E-state index in [1.165, 1.54) is 0 Å². The summed E-state index contributed by atoms with van der Waals surface area (Å²) in [6.07, 6.45) is -1.36. The number of aliphatic hydroxyl groups excluding tert-OH is 3. The van der Waals surface area contributed by atoms with Gasteiger partial charge in [-0.05, 0) is 6.92 Å². The molecule has 0 aliphatic rings. The summed E-state index contributed by atoms with van der Waals surface area (Å²) in [4.78, 5) is 0. The van der Waals surface area contributed by atoms with Crippen molar-refractivity contribution in [1.82, 2.24) is 0 Å². The van der Waals surface area contributed by atoms with Gasteiger partial charge in [0, 0.05) is 5.92 Å². The molecule has 0 heterocycles. The maximum Gasteiger partial charge on any atom is 0.0820 e. The molecule has 0 aliphatic carbocycles. The quantitative estimate of drug-likeness (QED) is 0.481. The largest absolute Gasteiger partial charge is 0.394 e. The van der Waals surface area contributed by atoms with Gasteiger partial charge in [0.25, 0.3) is 0 Å². The topological polar surface area (TPSA) is 60.7 Å². The highest BCUT2D eigenvalue weighted by Crippen LogP contribution is 2.06. The highest BCUT2D eigenvalue weighted by atomic mass is 16.3. The predicted molar refractivity (Wildman–Crippen MR) is 33.9 cm³/mol. The molecular formula is C6H14O3. The summed E-state index contributed by atoms with van der Waals surface area (Å²) in [5, 5.41) is 26.1. The molecule has 3 N–H and O–H groups in total. The molecule has 0 rings (SSSR count). The zero-order chi connectivity index (χ0) is 7.44. The summed E-state index contributed by atoms with van der Waals surface area (Å²) < 4.78 is 0. The molecule has 3 atom stereocenters. The average molecular weight is 134 g/mol. The summed E-state index contributed by atoms with van der Waals surface area (Å²) in [7, 11) is 0. The first-order valence-corrected chi connectivity index (χ1v) is 3.06. The third kappa shape index (κ3) is 2.79. The molecule has 3 heteroatoms. The van der Waals surface area contributed by atoms with Crippen LogP contribution in [0.15, 0.2) is 0 Å². The molecule has 56 valence electrons. The van der Waals surface area contributed by atoms with Crippen molar-refractivity contribution in [1.29, 1.82) is 0 Å². The van der Waals surface area contributed by atoms with Gasteiger partial charge in [0.05, 0.1) is 18.8 Å². The number of aliphatic hydroxyl groups is 3. The van der Waals surface area contributed by atoms with Crippen LogP contribution in [0.5, 0.6) is 0 Å². The van der Waals surface area contributed by atoms with Crippen molar-refractivity contribution in [2.45, 2.75) is 26.1 Å². The smallest absolute Gasteiger partial charge is 0.0820 e. The van der Waals surface area contributed by atoms with Crippen LogP contribution in [0, 0.1) is 5.92 Å². The van der Waals surface area contributed by atoms with Crippen LogP contribution in [0.25, 0.3) is 0 Å². The Kier molecular flexibility index (Phi) is 3.77. The minimum Gasteiger partial charge on any atom is -0.394 e. The van der Waals surface area contributed by atoms with Crippen LogP contribution in [-0.2, 0) is 0 Å². The Morgan fingerprint density at radius 3 is 1.78 bits per heavy atom. The number of hydrogen-bond acceptors (Lipinski definition) is 3. The maximum atomic E-state index is 8.89. The van der Waals surface area contributed by atoms with Crippen LogP contribution in [0.1, 0.15) is 13.8 Å². The van der Waals surface area contributed by atoms with E-state index in [-0.39, 0.29) is 12.5 Å². The molecule has 3 nitrogen and oxygen atoms in total. The highest BCUT2D eigenvalue weighted by Gasteiger charge is 2.17. The lowest BCUT2D eigenvalue weighted by atomic mass is 10.0. The Morgan fingerprint density at radius 1 is 1.22 bits per heavy atom. The lowest BCUT2D eigenvalue weighted by Crippen LogP contribution is -2.29. The van der Waals surface area contributed by atoms with Crippen LogP contribution in [0.4, 0.5) is 0 Å². The Labute approximate surface area is 54.9 Å². The van der Waals surface area contributed by atoms with Gasteiger partial charge in [-0.15, -0.1) is 0 Å². The lowest BCUT2D eigenvalue weighted by Gasteiger charge is -2.18. The van der Waals surface area contributed by atoms with E-state index < -0.39 is 12.2 Å². The molecule has 0 aliphatic heterocycles. The van der Waals surface area contributed by atoms with Crippen molar-refractivity contribution in [2.75, 3.05) is 6.61 Å². The van der Waals surface area contributed by atoms with Crippen molar-refractivity contribution in [3.63, 3.8) is 0 Å². The van der Waals surface area contributed by atoms with E-state index in [9.17, 15) is 0 Å². The Hall–Kier alpha value is -0.120. The van der Waals surface area contributed by atoms with Crippen LogP contribution in [0.2, 0.25) is 0 Å². The molecule has 0 aromatic heterocycles. The van der Waals surface area contributed by atoms with Crippen molar-refractivity contribution in [2.24, 2.45) is 5.92 Å². The van der Waals surface area contributed by atoms with E-state index in [1.807, 2.05) is 0 Å². The van der Waals surface area contributed by atoms with E-state index in [0.717, 1.165) is 0 Å². The Balaban J connectivity index is 3.58. The second kappa shape index (κ2) is 3.82. The third-order valence-corrected chi connectivity index (χ3v) is 1.55. The summed E-state index contributed by atoms with van der Waals surface area (Å²) >= 11 is 0. The first-order chi connectivity index (χ1) is 4.09. The summed E-state index contributed by atoms with van der Waals surface area (Å²) in [5.74, 6) is -0.255. The van der Waals surface area contributed by atoms with Gasteiger partial charge in [-0.25, -0.2) is 0 Å². The fourth-order valence-corrected chi connectivity index (χ4v) is 0.488. The molecule has 0 amide bonds. The van der Waals surface area contributed by atoms with Gasteiger partial charge in [-0.2, -0.15) is 0 Å². The number of hydrogen-bond donors (Lipinski definition) is 3. The van der Waals surface area contributed by atoms with E-state index >= 15 is 0 Å². The van der Waals surface area contributed by atoms with Crippen molar-refractivity contribution in [3.8, 4) is 0 Å². The fraction of sp³-hybridized carbons (Fsp3) is 1.00. The van der Waals surface area contributed by atoms with Crippen LogP contribution in [-0.4, -0.2) is 34.1 Å². The zero-order valence-corrected chi connectivity index (χ0v) is 5.78. The van der Waals surface area contributed by atoms with Crippen molar-refractivity contribution >= 4 is 0 Å². The second-order valence-electron chi connectivity index (χ2n) is 2.35. The lowest BCUT2D eigenvalue weighted by molar-refractivity contribution is -0.000867.